The molecule has 2 aromatic carbocycles. The van der Waals surface area contributed by atoms with Gasteiger partial charge in [-0.15, -0.1) is 0 Å². The number of benzene rings is 2. The molecule has 130 valence electrons. The van der Waals surface area contributed by atoms with Gasteiger partial charge >= 0.3 is 0 Å². The molecule has 1 unspecified atom stereocenters. The smallest absolute Gasteiger partial charge is 0.212 e. The van der Waals surface area contributed by atoms with E-state index in [2.05, 4.69) is 4.72 Å². The van der Waals surface area contributed by atoms with Gasteiger partial charge in [-0.3, -0.25) is 0 Å². The van der Waals surface area contributed by atoms with Gasteiger partial charge in [0.25, 0.3) is 0 Å². The van der Waals surface area contributed by atoms with Gasteiger partial charge in [-0.05, 0) is 48.2 Å². The number of sulfonamides is 1. The number of hydrogen-bond donors (Lipinski definition) is 1. The first-order chi connectivity index (χ1) is 11.4. The number of hydrogen-bond acceptors (Lipinski definition) is 2. The van der Waals surface area contributed by atoms with Crippen molar-refractivity contribution in [2.75, 3.05) is 5.75 Å². The Kier molecular flexibility index (Phi) is 6.45. The molecule has 1 atom stereocenters. The van der Waals surface area contributed by atoms with Gasteiger partial charge in [-0.25, -0.2) is 21.9 Å². The lowest BCUT2D eigenvalue weighted by molar-refractivity contribution is 0.548. The summed E-state index contributed by atoms with van der Waals surface area (Å²) in [5, 5.41) is 0. The Hall–Kier alpha value is -1.79. The van der Waals surface area contributed by atoms with E-state index in [-0.39, 0.29) is 18.0 Å². The van der Waals surface area contributed by atoms with E-state index in [0.29, 0.717) is 17.5 Å². The van der Waals surface area contributed by atoms with Crippen LogP contribution in [0.25, 0.3) is 0 Å². The molecule has 0 heterocycles. The van der Waals surface area contributed by atoms with Crippen molar-refractivity contribution in [2.24, 2.45) is 0 Å². The monoisotopic (exact) mass is 353 g/mol. The Balaban J connectivity index is 2.27. The molecule has 0 aliphatic heterocycles. The van der Waals surface area contributed by atoms with Gasteiger partial charge in [0, 0.05) is 0 Å². The number of unbranched alkanes of at least 4 members (excludes halogenated alkanes) is 1. The number of nitrogens with one attached hydrogen (secondary N) is 1. The second-order valence-electron chi connectivity index (χ2n) is 5.73. The Labute approximate surface area is 141 Å². The molecular weight excluding hydrogens is 332 g/mol. The van der Waals surface area contributed by atoms with Crippen molar-refractivity contribution >= 4 is 10.0 Å². The number of rotatable bonds is 8. The molecule has 24 heavy (non-hydrogen) atoms. The van der Waals surface area contributed by atoms with Gasteiger partial charge < -0.3 is 0 Å². The molecule has 1 N–H and O–H groups in total. The van der Waals surface area contributed by atoms with Gasteiger partial charge in [0.05, 0.1) is 11.8 Å². The minimum Gasteiger partial charge on any atom is -0.212 e. The van der Waals surface area contributed by atoms with Crippen molar-refractivity contribution in [3.8, 4) is 0 Å². The molecule has 0 radical (unpaired) electrons. The first kappa shape index (κ1) is 18.5. The lowest BCUT2D eigenvalue weighted by Crippen LogP contribution is -2.32. The van der Waals surface area contributed by atoms with Crippen LogP contribution < -0.4 is 4.72 Å². The average molecular weight is 353 g/mol. The van der Waals surface area contributed by atoms with Crippen LogP contribution >= 0.6 is 0 Å². The van der Waals surface area contributed by atoms with Crippen LogP contribution in [0.1, 0.15) is 36.9 Å². The van der Waals surface area contributed by atoms with Crippen LogP contribution in [0.2, 0.25) is 0 Å². The van der Waals surface area contributed by atoms with Gasteiger partial charge in [0.15, 0.2) is 0 Å². The highest BCUT2D eigenvalue weighted by molar-refractivity contribution is 7.89. The third-order valence-corrected chi connectivity index (χ3v) is 5.14. The quantitative estimate of drug-likeness (QED) is 0.781. The maximum absolute atomic E-state index is 13.5. The van der Waals surface area contributed by atoms with Crippen LogP contribution in [0.15, 0.2) is 48.5 Å². The van der Waals surface area contributed by atoms with E-state index >= 15 is 0 Å². The van der Waals surface area contributed by atoms with E-state index in [1.165, 1.54) is 30.3 Å². The van der Waals surface area contributed by atoms with Gasteiger partial charge in [0.2, 0.25) is 10.0 Å². The molecule has 0 saturated heterocycles. The van der Waals surface area contributed by atoms with Crippen molar-refractivity contribution in [3.63, 3.8) is 0 Å². The summed E-state index contributed by atoms with van der Waals surface area (Å²) in [6.45, 7) is 1.91. The van der Waals surface area contributed by atoms with Crippen LogP contribution in [-0.2, 0) is 16.4 Å². The molecule has 6 heteroatoms. The third-order valence-electron chi connectivity index (χ3n) is 3.67. The van der Waals surface area contributed by atoms with Crippen LogP contribution in [0.5, 0.6) is 0 Å². The van der Waals surface area contributed by atoms with E-state index < -0.39 is 21.9 Å². The molecule has 3 nitrogen and oxygen atoms in total. The lowest BCUT2D eigenvalue weighted by atomic mass is 9.99. The Bertz CT molecular complexity index is 778. The zero-order valence-electron chi connectivity index (χ0n) is 13.5. The maximum atomic E-state index is 13.5. The summed E-state index contributed by atoms with van der Waals surface area (Å²) in [6.07, 6.45) is 1.55. The number of halogens is 2. The molecule has 0 saturated carbocycles. The Morgan fingerprint density at radius 1 is 1.04 bits per heavy atom. The first-order valence-electron chi connectivity index (χ1n) is 7.89. The highest BCUT2D eigenvalue weighted by Gasteiger charge is 2.20. The van der Waals surface area contributed by atoms with E-state index in [4.69, 9.17) is 0 Å². The third kappa shape index (κ3) is 5.69. The topological polar surface area (TPSA) is 46.2 Å². The van der Waals surface area contributed by atoms with E-state index in [0.717, 1.165) is 6.42 Å². The van der Waals surface area contributed by atoms with Crippen molar-refractivity contribution in [1.29, 1.82) is 0 Å². The zero-order chi connectivity index (χ0) is 17.6. The SMILES string of the molecule is CCCCS(=O)(=O)NC(Cc1cccc(F)c1)c1cccc(F)c1. The van der Waals surface area contributed by atoms with Crippen molar-refractivity contribution in [2.45, 2.75) is 32.2 Å². The Morgan fingerprint density at radius 2 is 1.71 bits per heavy atom. The summed E-state index contributed by atoms with van der Waals surface area (Å²) in [7, 11) is -3.50. The summed E-state index contributed by atoms with van der Waals surface area (Å²) < 4.78 is 54.0. The fourth-order valence-corrected chi connectivity index (χ4v) is 3.90. The molecule has 0 aliphatic carbocycles. The molecular formula is C18H21F2NO2S. The molecule has 0 spiro atoms. The van der Waals surface area contributed by atoms with E-state index in [1.54, 1.807) is 18.2 Å². The second-order valence-corrected chi connectivity index (χ2v) is 7.61. The highest BCUT2D eigenvalue weighted by Crippen LogP contribution is 2.21. The van der Waals surface area contributed by atoms with Crippen molar-refractivity contribution in [3.05, 3.63) is 71.3 Å². The average Bonchev–Trinajstić information content (AvgIpc) is 2.52. The molecule has 0 fully saturated rings. The minimum absolute atomic E-state index is 0.0124. The summed E-state index contributed by atoms with van der Waals surface area (Å²) >= 11 is 0. The lowest BCUT2D eigenvalue weighted by Gasteiger charge is -2.19. The fourth-order valence-electron chi connectivity index (χ4n) is 2.46. The molecule has 0 bridgehead atoms. The molecule has 0 aromatic heterocycles. The van der Waals surface area contributed by atoms with Crippen LogP contribution in [0.3, 0.4) is 0 Å². The minimum atomic E-state index is -3.50. The molecule has 0 amide bonds. The highest BCUT2D eigenvalue weighted by atomic mass is 32.2. The van der Waals surface area contributed by atoms with E-state index in [9.17, 15) is 17.2 Å². The molecule has 0 aliphatic rings. The summed E-state index contributed by atoms with van der Waals surface area (Å²) in [5.74, 6) is -0.817. The molecule has 2 aromatic rings. The van der Waals surface area contributed by atoms with Crippen LogP contribution in [-0.4, -0.2) is 14.2 Å². The Morgan fingerprint density at radius 3 is 2.33 bits per heavy atom. The van der Waals surface area contributed by atoms with Gasteiger partial charge in [-0.1, -0.05) is 37.6 Å². The molecule has 2 rings (SSSR count). The summed E-state index contributed by atoms with van der Waals surface area (Å²) in [6, 6.07) is 11.1. The normalized spacial score (nSPS) is 13.0. The zero-order valence-corrected chi connectivity index (χ0v) is 14.3. The predicted octanol–water partition coefficient (Wildman–Crippen LogP) is 3.97. The largest absolute Gasteiger partial charge is 0.212 e. The van der Waals surface area contributed by atoms with Crippen LogP contribution in [0, 0.1) is 11.6 Å². The predicted molar refractivity (Wildman–Crippen MR) is 91.1 cm³/mol. The van der Waals surface area contributed by atoms with Crippen LogP contribution in [0.4, 0.5) is 8.78 Å². The van der Waals surface area contributed by atoms with Gasteiger partial charge in [-0.2, -0.15) is 0 Å². The van der Waals surface area contributed by atoms with Crippen molar-refractivity contribution < 1.29 is 17.2 Å². The standard InChI is InChI=1S/C18H21F2NO2S/c1-2-3-10-24(22,23)21-18(15-7-5-9-17(20)13-15)12-14-6-4-8-16(19)11-14/h4-9,11,13,18,21H,2-3,10,12H2,1H3. The van der Waals surface area contributed by atoms with E-state index in [1.807, 2.05) is 6.92 Å². The van der Waals surface area contributed by atoms with Crippen molar-refractivity contribution in [1.82, 2.24) is 4.72 Å². The summed E-state index contributed by atoms with van der Waals surface area (Å²) in [4.78, 5) is 0. The fraction of sp³-hybridized carbons (Fsp3) is 0.333. The first-order valence-corrected chi connectivity index (χ1v) is 9.55. The van der Waals surface area contributed by atoms with Gasteiger partial charge in [0.1, 0.15) is 11.6 Å². The summed E-state index contributed by atoms with van der Waals surface area (Å²) in [5.41, 5.74) is 1.15. The second kappa shape index (κ2) is 8.35. The maximum Gasteiger partial charge on any atom is 0.212 e.